The minimum Gasteiger partial charge on any atom is -0.277 e. The SMILES string of the molecule is O=CNNC(=O)C=C(c1ccccc1)c1ccccc1. The highest BCUT2D eigenvalue weighted by molar-refractivity contribution is 5.99. The Bertz CT molecular complexity index is 565. The summed E-state index contributed by atoms with van der Waals surface area (Å²) in [4.78, 5) is 21.9. The number of hydrogen-bond acceptors (Lipinski definition) is 2. The largest absolute Gasteiger partial charge is 0.277 e. The molecule has 100 valence electrons. The van der Waals surface area contributed by atoms with E-state index in [0.29, 0.717) is 6.41 Å². The van der Waals surface area contributed by atoms with Crippen molar-refractivity contribution in [2.75, 3.05) is 0 Å². The van der Waals surface area contributed by atoms with Gasteiger partial charge in [0.1, 0.15) is 0 Å². The summed E-state index contributed by atoms with van der Waals surface area (Å²) in [5.41, 5.74) is 7.05. The van der Waals surface area contributed by atoms with Gasteiger partial charge < -0.3 is 0 Å². The number of nitrogens with one attached hydrogen (secondary N) is 2. The predicted molar refractivity (Wildman–Crippen MR) is 77.3 cm³/mol. The number of benzene rings is 2. The van der Waals surface area contributed by atoms with Gasteiger partial charge in [-0.2, -0.15) is 0 Å². The van der Waals surface area contributed by atoms with E-state index < -0.39 is 0 Å². The fraction of sp³-hybridized carbons (Fsp3) is 0. The van der Waals surface area contributed by atoms with Gasteiger partial charge in [-0.3, -0.25) is 20.4 Å². The summed E-state index contributed by atoms with van der Waals surface area (Å²) in [5.74, 6) is -0.389. The summed E-state index contributed by atoms with van der Waals surface area (Å²) in [6.45, 7) is 0. The van der Waals surface area contributed by atoms with Gasteiger partial charge in [-0.1, -0.05) is 60.7 Å². The Kier molecular flexibility index (Phi) is 4.67. The molecule has 0 aromatic heterocycles. The van der Waals surface area contributed by atoms with Crippen LogP contribution >= 0.6 is 0 Å². The molecule has 2 rings (SSSR count). The van der Waals surface area contributed by atoms with Crippen molar-refractivity contribution in [1.82, 2.24) is 10.9 Å². The summed E-state index contributed by atoms with van der Waals surface area (Å²) in [5, 5.41) is 0. The molecule has 0 heterocycles. The summed E-state index contributed by atoms with van der Waals surface area (Å²) >= 11 is 0. The monoisotopic (exact) mass is 266 g/mol. The lowest BCUT2D eigenvalue weighted by Crippen LogP contribution is -2.35. The predicted octanol–water partition coefficient (Wildman–Crippen LogP) is 1.90. The van der Waals surface area contributed by atoms with Crippen LogP contribution in [0.2, 0.25) is 0 Å². The molecular formula is C16H14N2O2. The van der Waals surface area contributed by atoms with Crippen LogP contribution in [-0.2, 0) is 9.59 Å². The van der Waals surface area contributed by atoms with Crippen molar-refractivity contribution in [3.8, 4) is 0 Å². The maximum atomic E-state index is 11.8. The van der Waals surface area contributed by atoms with Crippen LogP contribution in [0, 0.1) is 0 Å². The highest BCUT2D eigenvalue weighted by Crippen LogP contribution is 2.22. The third-order valence-corrected chi connectivity index (χ3v) is 2.70. The van der Waals surface area contributed by atoms with Crippen molar-refractivity contribution < 1.29 is 9.59 Å². The first kappa shape index (κ1) is 13.5. The molecule has 4 heteroatoms. The number of amides is 2. The molecule has 0 saturated heterocycles. The fourth-order valence-electron chi connectivity index (χ4n) is 1.84. The number of hydrogen-bond donors (Lipinski definition) is 2. The maximum Gasteiger partial charge on any atom is 0.263 e. The smallest absolute Gasteiger partial charge is 0.263 e. The van der Waals surface area contributed by atoms with Crippen LogP contribution in [0.1, 0.15) is 11.1 Å². The Hall–Kier alpha value is -2.88. The zero-order valence-corrected chi connectivity index (χ0v) is 10.7. The van der Waals surface area contributed by atoms with Crippen LogP contribution in [0.15, 0.2) is 66.7 Å². The average molecular weight is 266 g/mol. The number of rotatable bonds is 5. The fourth-order valence-corrected chi connectivity index (χ4v) is 1.84. The Balaban J connectivity index is 2.37. The van der Waals surface area contributed by atoms with Crippen LogP contribution in [0.25, 0.3) is 5.57 Å². The van der Waals surface area contributed by atoms with Crippen molar-refractivity contribution in [2.24, 2.45) is 0 Å². The average Bonchev–Trinajstić information content (AvgIpc) is 2.52. The molecule has 2 N–H and O–H groups in total. The number of carbonyl (C=O) groups excluding carboxylic acids is 2. The van der Waals surface area contributed by atoms with Gasteiger partial charge in [0.25, 0.3) is 5.91 Å². The van der Waals surface area contributed by atoms with E-state index in [9.17, 15) is 9.59 Å². The highest BCUT2D eigenvalue weighted by atomic mass is 16.2. The molecule has 0 unspecified atom stereocenters. The third kappa shape index (κ3) is 3.55. The van der Waals surface area contributed by atoms with Gasteiger partial charge in [0, 0.05) is 6.08 Å². The molecule has 0 fully saturated rings. The maximum absolute atomic E-state index is 11.8. The van der Waals surface area contributed by atoms with Gasteiger partial charge in [0.15, 0.2) is 0 Å². The minimum atomic E-state index is -0.389. The van der Waals surface area contributed by atoms with Gasteiger partial charge in [-0.15, -0.1) is 0 Å². The molecule has 0 spiro atoms. The molecule has 2 aromatic rings. The lowest BCUT2D eigenvalue weighted by molar-refractivity contribution is -0.120. The van der Waals surface area contributed by atoms with E-state index in [0.717, 1.165) is 16.7 Å². The molecule has 0 aliphatic carbocycles. The molecule has 0 radical (unpaired) electrons. The van der Waals surface area contributed by atoms with Crippen LogP contribution in [0.3, 0.4) is 0 Å². The van der Waals surface area contributed by atoms with Crippen molar-refractivity contribution >= 4 is 17.9 Å². The molecule has 4 nitrogen and oxygen atoms in total. The topological polar surface area (TPSA) is 58.2 Å². The summed E-state index contributed by atoms with van der Waals surface area (Å²) in [7, 11) is 0. The highest BCUT2D eigenvalue weighted by Gasteiger charge is 2.06. The van der Waals surface area contributed by atoms with Crippen molar-refractivity contribution in [2.45, 2.75) is 0 Å². The first-order valence-electron chi connectivity index (χ1n) is 6.13. The van der Waals surface area contributed by atoms with Crippen LogP contribution in [0.5, 0.6) is 0 Å². The summed E-state index contributed by atoms with van der Waals surface area (Å²) in [6.07, 6.45) is 1.87. The molecule has 0 aliphatic heterocycles. The third-order valence-electron chi connectivity index (χ3n) is 2.70. The van der Waals surface area contributed by atoms with E-state index in [1.54, 1.807) is 0 Å². The van der Waals surface area contributed by atoms with Crippen LogP contribution < -0.4 is 10.9 Å². The van der Waals surface area contributed by atoms with Gasteiger partial charge in [0.05, 0.1) is 0 Å². The second-order valence-electron chi connectivity index (χ2n) is 4.04. The van der Waals surface area contributed by atoms with Gasteiger partial charge >= 0.3 is 0 Å². The molecule has 0 saturated carbocycles. The number of hydrazine groups is 1. The van der Waals surface area contributed by atoms with E-state index in [1.165, 1.54) is 6.08 Å². The van der Waals surface area contributed by atoms with Crippen molar-refractivity contribution in [3.63, 3.8) is 0 Å². The standard InChI is InChI=1S/C16H14N2O2/c19-12-17-18-16(20)11-15(13-7-3-1-4-8-13)14-9-5-2-6-10-14/h1-12H,(H,17,19)(H,18,20). The van der Waals surface area contributed by atoms with E-state index in [2.05, 4.69) is 10.9 Å². The second kappa shape index (κ2) is 6.89. The van der Waals surface area contributed by atoms with E-state index in [-0.39, 0.29) is 5.91 Å². The Labute approximate surface area is 117 Å². The Morgan fingerprint density at radius 1 is 0.850 bits per heavy atom. The van der Waals surface area contributed by atoms with Gasteiger partial charge in [0.2, 0.25) is 6.41 Å². The quantitative estimate of drug-likeness (QED) is 0.493. The lowest BCUT2D eigenvalue weighted by atomic mass is 9.97. The molecule has 20 heavy (non-hydrogen) atoms. The summed E-state index contributed by atoms with van der Waals surface area (Å²) in [6, 6.07) is 19.2. The molecule has 0 aliphatic rings. The zero-order valence-electron chi connectivity index (χ0n) is 10.7. The van der Waals surface area contributed by atoms with E-state index in [1.807, 2.05) is 60.7 Å². The summed E-state index contributed by atoms with van der Waals surface area (Å²) < 4.78 is 0. The van der Waals surface area contributed by atoms with Gasteiger partial charge in [-0.05, 0) is 16.7 Å². The lowest BCUT2D eigenvalue weighted by Gasteiger charge is -2.08. The molecule has 0 atom stereocenters. The molecule has 0 bridgehead atoms. The first-order chi connectivity index (χ1) is 9.81. The molecule has 2 amide bonds. The normalized spacial score (nSPS) is 9.40. The second-order valence-corrected chi connectivity index (χ2v) is 4.04. The van der Waals surface area contributed by atoms with E-state index >= 15 is 0 Å². The van der Waals surface area contributed by atoms with Crippen molar-refractivity contribution in [3.05, 3.63) is 77.9 Å². The van der Waals surface area contributed by atoms with E-state index in [4.69, 9.17) is 0 Å². The molecular weight excluding hydrogens is 252 g/mol. The molecule has 2 aromatic carbocycles. The van der Waals surface area contributed by atoms with Crippen LogP contribution in [0.4, 0.5) is 0 Å². The van der Waals surface area contributed by atoms with Crippen molar-refractivity contribution in [1.29, 1.82) is 0 Å². The first-order valence-corrected chi connectivity index (χ1v) is 6.13. The zero-order chi connectivity index (χ0) is 14.2. The van der Waals surface area contributed by atoms with Gasteiger partial charge in [-0.25, -0.2) is 0 Å². The number of carbonyl (C=O) groups is 2. The minimum absolute atomic E-state index is 0.389. The van der Waals surface area contributed by atoms with Crippen LogP contribution in [-0.4, -0.2) is 12.3 Å². The Morgan fingerprint density at radius 2 is 1.35 bits per heavy atom. The Morgan fingerprint density at radius 3 is 1.80 bits per heavy atom.